The van der Waals surface area contributed by atoms with Crippen LogP contribution < -0.4 is 5.32 Å². The quantitative estimate of drug-likeness (QED) is 0.639. The number of thioether (sulfide) groups is 1. The summed E-state index contributed by atoms with van der Waals surface area (Å²) in [6.45, 7) is 5.31. The lowest BCUT2D eigenvalue weighted by Gasteiger charge is -2.34. The van der Waals surface area contributed by atoms with E-state index in [1.54, 1.807) is 11.3 Å². The molecule has 1 aromatic heterocycles. The van der Waals surface area contributed by atoms with Crippen molar-refractivity contribution in [3.8, 4) is 10.6 Å². The Hall–Kier alpha value is -1.53. The van der Waals surface area contributed by atoms with Crippen LogP contribution in [0.25, 0.3) is 10.6 Å². The van der Waals surface area contributed by atoms with Gasteiger partial charge in [0.2, 0.25) is 0 Å². The highest BCUT2D eigenvalue weighted by Crippen LogP contribution is 2.23. The highest BCUT2D eigenvalue weighted by atomic mass is 32.2. The summed E-state index contributed by atoms with van der Waals surface area (Å²) in [5.74, 6) is 2.21. The van der Waals surface area contributed by atoms with Crippen molar-refractivity contribution < 1.29 is 0 Å². The lowest BCUT2D eigenvalue weighted by Crippen LogP contribution is -2.48. The highest BCUT2D eigenvalue weighted by molar-refractivity contribution is 8.00. The SMILES string of the molecule is CCC1CN(C(=NC)NCCc2csc(-c3ccccc3)n2)CCS1. The van der Waals surface area contributed by atoms with E-state index in [-0.39, 0.29) is 0 Å². The van der Waals surface area contributed by atoms with Gasteiger partial charge in [-0.05, 0) is 6.42 Å². The topological polar surface area (TPSA) is 40.5 Å². The van der Waals surface area contributed by atoms with Crippen molar-refractivity contribution >= 4 is 29.1 Å². The third kappa shape index (κ3) is 4.98. The number of hydrogen-bond acceptors (Lipinski definition) is 4. The Labute approximate surface area is 158 Å². The molecule has 4 nitrogen and oxygen atoms in total. The van der Waals surface area contributed by atoms with Crippen LogP contribution in [0.2, 0.25) is 0 Å². The summed E-state index contributed by atoms with van der Waals surface area (Å²) >= 11 is 3.80. The molecule has 1 atom stereocenters. The molecular weight excluding hydrogens is 348 g/mol. The Bertz CT molecular complexity index is 684. The predicted octanol–water partition coefficient (Wildman–Crippen LogP) is 3.76. The van der Waals surface area contributed by atoms with Crippen molar-refractivity contribution in [2.45, 2.75) is 25.0 Å². The molecule has 0 aliphatic carbocycles. The summed E-state index contributed by atoms with van der Waals surface area (Å²) in [4.78, 5) is 11.6. The maximum absolute atomic E-state index is 4.76. The zero-order chi connectivity index (χ0) is 17.5. The third-order valence-electron chi connectivity index (χ3n) is 4.34. The van der Waals surface area contributed by atoms with Gasteiger partial charge in [-0.25, -0.2) is 4.98 Å². The summed E-state index contributed by atoms with van der Waals surface area (Å²) in [6, 6.07) is 10.4. The Kier molecular flexibility index (Phi) is 6.76. The molecule has 0 bridgehead atoms. The maximum Gasteiger partial charge on any atom is 0.193 e. The first-order valence-corrected chi connectivity index (χ1v) is 10.8. The van der Waals surface area contributed by atoms with Crippen molar-refractivity contribution in [2.75, 3.05) is 32.4 Å². The van der Waals surface area contributed by atoms with Crippen LogP contribution in [-0.4, -0.2) is 53.5 Å². The predicted molar refractivity (Wildman–Crippen MR) is 111 cm³/mol. The lowest BCUT2D eigenvalue weighted by molar-refractivity contribution is 0.408. The minimum atomic E-state index is 0.722. The zero-order valence-corrected chi connectivity index (χ0v) is 16.6. The minimum absolute atomic E-state index is 0.722. The van der Waals surface area contributed by atoms with Crippen molar-refractivity contribution in [3.63, 3.8) is 0 Å². The van der Waals surface area contributed by atoms with Gasteiger partial charge in [0.1, 0.15) is 5.01 Å². The average Bonchev–Trinajstić information content (AvgIpc) is 3.15. The summed E-state index contributed by atoms with van der Waals surface area (Å²) < 4.78 is 0. The minimum Gasteiger partial charge on any atom is -0.356 e. The number of aromatic nitrogens is 1. The average molecular weight is 375 g/mol. The van der Waals surface area contributed by atoms with E-state index in [9.17, 15) is 0 Å². The number of nitrogens with zero attached hydrogens (tertiary/aromatic N) is 3. The smallest absolute Gasteiger partial charge is 0.193 e. The molecule has 1 N–H and O–H groups in total. The first-order valence-electron chi connectivity index (χ1n) is 8.87. The molecule has 1 fully saturated rings. The first kappa shape index (κ1) is 18.3. The van der Waals surface area contributed by atoms with Gasteiger partial charge in [0.05, 0.1) is 5.69 Å². The molecule has 1 saturated heterocycles. The van der Waals surface area contributed by atoms with Gasteiger partial charge in [0.15, 0.2) is 5.96 Å². The fourth-order valence-corrected chi connectivity index (χ4v) is 4.97. The van der Waals surface area contributed by atoms with Crippen molar-refractivity contribution in [2.24, 2.45) is 4.99 Å². The molecule has 25 heavy (non-hydrogen) atoms. The fraction of sp³-hybridized carbons (Fsp3) is 0.474. The number of guanidine groups is 1. The summed E-state index contributed by atoms with van der Waals surface area (Å²) in [5, 5.41) is 7.49. The molecule has 0 amide bonds. The van der Waals surface area contributed by atoms with Crippen LogP contribution in [0.1, 0.15) is 19.0 Å². The number of hydrogen-bond donors (Lipinski definition) is 1. The van der Waals surface area contributed by atoms with Crippen molar-refractivity contribution in [1.82, 2.24) is 15.2 Å². The molecule has 134 valence electrons. The normalized spacial score (nSPS) is 18.4. The molecule has 0 saturated carbocycles. The molecule has 1 unspecified atom stereocenters. The van der Waals surface area contributed by atoms with Gasteiger partial charge >= 0.3 is 0 Å². The van der Waals surface area contributed by atoms with E-state index < -0.39 is 0 Å². The van der Waals surface area contributed by atoms with E-state index in [1.165, 1.54) is 17.7 Å². The van der Waals surface area contributed by atoms with Gasteiger partial charge in [-0.2, -0.15) is 11.8 Å². The van der Waals surface area contributed by atoms with E-state index in [4.69, 9.17) is 4.98 Å². The Morgan fingerprint density at radius 3 is 2.96 bits per heavy atom. The largest absolute Gasteiger partial charge is 0.356 e. The van der Waals surface area contributed by atoms with Gasteiger partial charge < -0.3 is 10.2 Å². The van der Waals surface area contributed by atoms with Gasteiger partial charge in [0, 0.05) is 55.0 Å². The molecule has 2 aromatic rings. The van der Waals surface area contributed by atoms with Crippen LogP contribution in [0.15, 0.2) is 40.7 Å². The Morgan fingerprint density at radius 2 is 2.20 bits per heavy atom. The van der Waals surface area contributed by atoms with Gasteiger partial charge in [-0.3, -0.25) is 4.99 Å². The second-order valence-electron chi connectivity index (χ2n) is 6.08. The molecule has 1 aromatic carbocycles. The van der Waals surface area contributed by atoms with Crippen molar-refractivity contribution in [3.05, 3.63) is 41.4 Å². The molecule has 3 rings (SSSR count). The van der Waals surface area contributed by atoms with Crippen LogP contribution >= 0.6 is 23.1 Å². The van der Waals surface area contributed by atoms with Crippen LogP contribution in [0.3, 0.4) is 0 Å². The number of nitrogens with one attached hydrogen (secondary N) is 1. The highest BCUT2D eigenvalue weighted by Gasteiger charge is 2.21. The number of thiazole rings is 1. The molecule has 0 radical (unpaired) electrons. The van der Waals surface area contributed by atoms with Gasteiger partial charge in [-0.1, -0.05) is 37.3 Å². The monoisotopic (exact) mass is 374 g/mol. The standard InChI is InChI=1S/C19H26N4S2/c1-3-17-13-23(11-12-24-17)19(20-2)21-10-9-16-14-25-18(22-16)15-7-5-4-6-8-15/h4-8,14,17H,3,9-13H2,1-2H3,(H,20,21). The van der Waals surface area contributed by atoms with Crippen LogP contribution in [0.4, 0.5) is 0 Å². The molecular formula is C19H26N4S2. The molecule has 6 heteroatoms. The van der Waals surface area contributed by atoms with Crippen LogP contribution in [0, 0.1) is 0 Å². The van der Waals surface area contributed by atoms with E-state index in [2.05, 4.69) is 63.5 Å². The van der Waals surface area contributed by atoms with Crippen molar-refractivity contribution in [1.29, 1.82) is 0 Å². The maximum atomic E-state index is 4.76. The molecule has 1 aliphatic rings. The van der Waals surface area contributed by atoms with E-state index >= 15 is 0 Å². The number of rotatable bonds is 5. The van der Waals surface area contributed by atoms with E-state index in [1.807, 2.05) is 13.1 Å². The molecule has 2 heterocycles. The molecule has 1 aliphatic heterocycles. The summed E-state index contributed by atoms with van der Waals surface area (Å²) in [6.07, 6.45) is 2.14. The Balaban J connectivity index is 1.51. The van der Waals surface area contributed by atoms with E-state index in [0.29, 0.717) is 0 Å². The van der Waals surface area contributed by atoms with Crippen LogP contribution in [0.5, 0.6) is 0 Å². The summed E-state index contributed by atoms with van der Waals surface area (Å²) in [7, 11) is 1.88. The number of benzene rings is 1. The third-order valence-corrected chi connectivity index (χ3v) is 6.65. The summed E-state index contributed by atoms with van der Waals surface area (Å²) in [5.41, 5.74) is 2.34. The van der Waals surface area contributed by atoms with Gasteiger partial charge in [0.25, 0.3) is 0 Å². The second kappa shape index (κ2) is 9.25. The second-order valence-corrected chi connectivity index (χ2v) is 8.35. The molecule has 0 spiro atoms. The fourth-order valence-electron chi connectivity index (χ4n) is 2.93. The lowest BCUT2D eigenvalue weighted by atomic mass is 10.2. The van der Waals surface area contributed by atoms with Crippen LogP contribution in [-0.2, 0) is 6.42 Å². The zero-order valence-electron chi connectivity index (χ0n) is 14.9. The Morgan fingerprint density at radius 1 is 1.36 bits per heavy atom. The first-order chi connectivity index (χ1) is 12.3. The van der Waals surface area contributed by atoms with Gasteiger partial charge in [-0.15, -0.1) is 11.3 Å². The number of aliphatic imine (C=N–C) groups is 1. The van der Waals surface area contributed by atoms with E-state index in [0.717, 1.165) is 48.0 Å².